The highest BCUT2D eigenvalue weighted by Crippen LogP contribution is 2.21. The number of thioether (sulfide) groups is 1. The molecule has 2 aromatic carbocycles. The van der Waals surface area contributed by atoms with E-state index in [9.17, 15) is 4.79 Å². The first kappa shape index (κ1) is 18.9. The minimum atomic E-state index is 0.146. The van der Waals surface area contributed by atoms with Crippen molar-refractivity contribution in [2.45, 2.75) is 43.5 Å². The van der Waals surface area contributed by atoms with Crippen molar-refractivity contribution in [2.24, 2.45) is 0 Å². The Bertz CT molecular complexity index is 615. The lowest BCUT2D eigenvalue weighted by Gasteiger charge is -2.14. The molecule has 0 aliphatic rings. The van der Waals surface area contributed by atoms with E-state index in [0.29, 0.717) is 6.42 Å². The van der Waals surface area contributed by atoms with Crippen LogP contribution in [0, 0.1) is 0 Å². The third-order valence-corrected chi connectivity index (χ3v) is 5.10. The van der Waals surface area contributed by atoms with Crippen molar-refractivity contribution in [3.8, 4) is 0 Å². The van der Waals surface area contributed by atoms with Crippen molar-refractivity contribution < 1.29 is 4.79 Å². The van der Waals surface area contributed by atoms with Gasteiger partial charge in [0.15, 0.2) is 0 Å². The van der Waals surface area contributed by atoms with Crippen LogP contribution in [0.5, 0.6) is 0 Å². The Morgan fingerprint density at radius 2 is 1.83 bits per heavy atom. The molecule has 4 heteroatoms. The molecule has 0 bridgehead atoms. The van der Waals surface area contributed by atoms with E-state index in [4.69, 9.17) is 11.6 Å². The Hall–Kier alpha value is -1.45. The molecule has 0 saturated heterocycles. The quantitative estimate of drug-likeness (QED) is 0.481. The first-order chi connectivity index (χ1) is 11.6. The Morgan fingerprint density at radius 3 is 2.54 bits per heavy atom. The molecule has 0 radical (unpaired) electrons. The van der Waals surface area contributed by atoms with Crippen molar-refractivity contribution in [3.05, 3.63) is 65.2 Å². The average molecular weight is 362 g/mol. The van der Waals surface area contributed by atoms with Crippen LogP contribution in [0.4, 0.5) is 0 Å². The van der Waals surface area contributed by atoms with Gasteiger partial charge in [0.25, 0.3) is 0 Å². The van der Waals surface area contributed by atoms with Crippen molar-refractivity contribution in [1.29, 1.82) is 0 Å². The van der Waals surface area contributed by atoms with E-state index < -0.39 is 0 Å². The number of hydrogen-bond acceptors (Lipinski definition) is 2. The third-order valence-electron chi connectivity index (χ3n) is 3.75. The van der Waals surface area contributed by atoms with Crippen LogP contribution in [0.2, 0.25) is 5.02 Å². The van der Waals surface area contributed by atoms with Gasteiger partial charge in [0.05, 0.1) is 0 Å². The van der Waals surface area contributed by atoms with Crippen molar-refractivity contribution in [3.63, 3.8) is 0 Å². The van der Waals surface area contributed by atoms with Gasteiger partial charge in [-0.05, 0) is 61.8 Å². The number of benzene rings is 2. The lowest BCUT2D eigenvalue weighted by atomic mass is 10.1. The summed E-state index contributed by atoms with van der Waals surface area (Å²) in [5.41, 5.74) is 1.32. The molecule has 1 unspecified atom stereocenters. The minimum absolute atomic E-state index is 0.146. The molecule has 128 valence electrons. The van der Waals surface area contributed by atoms with E-state index in [-0.39, 0.29) is 11.9 Å². The normalized spacial score (nSPS) is 11.9. The monoisotopic (exact) mass is 361 g/mol. The zero-order valence-corrected chi connectivity index (χ0v) is 15.6. The summed E-state index contributed by atoms with van der Waals surface area (Å²) < 4.78 is 0. The fourth-order valence-corrected chi connectivity index (χ4v) is 3.38. The average Bonchev–Trinajstić information content (AvgIpc) is 2.59. The van der Waals surface area contributed by atoms with Crippen LogP contribution >= 0.6 is 23.4 Å². The SMILES string of the molecule is CC(CCc1ccccc1)NC(=O)CCCSc1ccc(Cl)cc1. The standard InChI is InChI=1S/C20H24ClNOS/c1-16(9-10-17-6-3-2-4-7-17)22-20(23)8-5-15-24-19-13-11-18(21)12-14-19/h2-4,6-7,11-14,16H,5,8-10,15H2,1H3,(H,22,23). The first-order valence-electron chi connectivity index (χ1n) is 8.35. The smallest absolute Gasteiger partial charge is 0.220 e. The van der Waals surface area contributed by atoms with Crippen molar-refractivity contribution >= 4 is 29.3 Å². The molecule has 0 aromatic heterocycles. The van der Waals surface area contributed by atoms with Gasteiger partial charge in [-0.15, -0.1) is 11.8 Å². The molecule has 1 amide bonds. The summed E-state index contributed by atoms with van der Waals surface area (Å²) >= 11 is 7.62. The van der Waals surface area contributed by atoms with Crippen LogP contribution in [0.15, 0.2) is 59.5 Å². The van der Waals surface area contributed by atoms with Gasteiger partial charge in [-0.3, -0.25) is 4.79 Å². The van der Waals surface area contributed by atoms with E-state index in [1.165, 1.54) is 10.5 Å². The number of halogens is 1. The van der Waals surface area contributed by atoms with E-state index >= 15 is 0 Å². The minimum Gasteiger partial charge on any atom is -0.354 e. The lowest BCUT2D eigenvalue weighted by Crippen LogP contribution is -2.32. The summed E-state index contributed by atoms with van der Waals surface area (Å²) in [5, 5.41) is 3.84. The van der Waals surface area contributed by atoms with Crippen LogP contribution in [-0.4, -0.2) is 17.7 Å². The number of rotatable bonds is 9. The summed E-state index contributed by atoms with van der Waals surface area (Å²) in [6, 6.07) is 18.4. The highest BCUT2D eigenvalue weighted by Gasteiger charge is 2.07. The molecule has 0 fully saturated rings. The second-order valence-electron chi connectivity index (χ2n) is 5.90. The number of nitrogens with one attached hydrogen (secondary N) is 1. The van der Waals surface area contributed by atoms with E-state index in [2.05, 4.69) is 36.5 Å². The largest absolute Gasteiger partial charge is 0.354 e. The summed E-state index contributed by atoms with van der Waals surface area (Å²) in [4.78, 5) is 13.2. The maximum absolute atomic E-state index is 12.0. The van der Waals surface area contributed by atoms with Crippen LogP contribution < -0.4 is 5.32 Å². The van der Waals surface area contributed by atoms with E-state index in [0.717, 1.165) is 30.0 Å². The molecule has 0 saturated carbocycles. The molecule has 2 aromatic rings. The maximum Gasteiger partial charge on any atom is 0.220 e. The fourth-order valence-electron chi connectivity index (χ4n) is 2.40. The van der Waals surface area contributed by atoms with Gasteiger partial charge in [-0.1, -0.05) is 41.9 Å². The Labute approximate surface area is 154 Å². The molecular formula is C20H24ClNOS. The first-order valence-corrected chi connectivity index (χ1v) is 9.71. The van der Waals surface area contributed by atoms with Gasteiger partial charge < -0.3 is 5.32 Å². The number of hydrogen-bond donors (Lipinski definition) is 1. The lowest BCUT2D eigenvalue weighted by molar-refractivity contribution is -0.121. The summed E-state index contributed by atoms with van der Waals surface area (Å²) in [6.45, 7) is 2.07. The summed E-state index contributed by atoms with van der Waals surface area (Å²) in [7, 11) is 0. The predicted octanol–water partition coefficient (Wildman–Crippen LogP) is 5.35. The maximum atomic E-state index is 12.0. The Balaban J connectivity index is 1.58. The number of carbonyl (C=O) groups excluding carboxylic acids is 1. The van der Waals surface area contributed by atoms with Gasteiger partial charge >= 0.3 is 0 Å². The second-order valence-corrected chi connectivity index (χ2v) is 7.50. The molecular weight excluding hydrogens is 338 g/mol. The van der Waals surface area contributed by atoms with Crippen molar-refractivity contribution in [2.75, 3.05) is 5.75 Å². The van der Waals surface area contributed by atoms with E-state index in [1.54, 1.807) is 11.8 Å². The molecule has 0 aliphatic heterocycles. The molecule has 1 atom stereocenters. The van der Waals surface area contributed by atoms with Crippen LogP contribution in [0.1, 0.15) is 31.7 Å². The molecule has 0 spiro atoms. The topological polar surface area (TPSA) is 29.1 Å². The third kappa shape index (κ3) is 7.41. The molecule has 24 heavy (non-hydrogen) atoms. The Kier molecular flexibility index (Phi) is 8.20. The molecule has 2 rings (SSSR count). The summed E-state index contributed by atoms with van der Waals surface area (Å²) in [6.07, 6.45) is 3.42. The van der Waals surface area contributed by atoms with Gasteiger partial charge in [0, 0.05) is 22.4 Å². The van der Waals surface area contributed by atoms with Crippen molar-refractivity contribution in [1.82, 2.24) is 5.32 Å². The Morgan fingerprint density at radius 1 is 1.12 bits per heavy atom. The highest BCUT2D eigenvalue weighted by atomic mass is 35.5. The molecule has 2 nitrogen and oxygen atoms in total. The highest BCUT2D eigenvalue weighted by molar-refractivity contribution is 7.99. The van der Waals surface area contributed by atoms with Gasteiger partial charge in [-0.25, -0.2) is 0 Å². The number of amides is 1. The zero-order valence-electron chi connectivity index (χ0n) is 14.0. The fraction of sp³-hybridized carbons (Fsp3) is 0.350. The van der Waals surface area contributed by atoms with Gasteiger partial charge in [0.1, 0.15) is 0 Å². The predicted molar refractivity (Wildman–Crippen MR) is 104 cm³/mol. The zero-order chi connectivity index (χ0) is 17.2. The van der Waals surface area contributed by atoms with Crippen LogP contribution in [0.25, 0.3) is 0 Å². The van der Waals surface area contributed by atoms with E-state index in [1.807, 2.05) is 30.3 Å². The molecule has 0 heterocycles. The molecule has 1 N–H and O–H groups in total. The molecule has 0 aliphatic carbocycles. The van der Waals surface area contributed by atoms with Crippen LogP contribution in [-0.2, 0) is 11.2 Å². The van der Waals surface area contributed by atoms with Crippen LogP contribution in [0.3, 0.4) is 0 Å². The number of carbonyl (C=O) groups is 1. The van der Waals surface area contributed by atoms with Gasteiger partial charge in [-0.2, -0.15) is 0 Å². The second kappa shape index (κ2) is 10.4. The number of aryl methyl sites for hydroxylation is 1. The van der Waals surface area contributed by atoms with Gasteiger partial charge in [0.2, 0.25) is 5.91 Å². The summed E-state index contributed by atoms with van der Waals surface area (Å²) in [5.74, 6) is 1.08.